The number of hydrogen-bond donors (Lipinski definition) is 1. The van der Waals surface area contributed by atoms with Crippen LogP contribution in [-0.4, -0.2) is 34.5 Å². The van der Waals surface area contributed by atoms with Gasteiger partial charge in [0.05, 0.1) is 6.42 Å². The number of carbonyl (C=O) groups excluding carboxylic acids is 1. The van der Waals surface area contributed by atoms with Crippen LogP contribution in [0.4, 0.5) is 0 Å². The molecule has 1 saturated heterocycles. The Balaban J connectivity index is 2.13. The molecule has 19 heavy (non-hydrogen) atoms. The van der Waals surface area contributed by atoms with E-state index in [4.69, 9.17) is 5.11 Å². The van der Waals surface area contributed by atoms with Crippen LogP contribution < -0.4 is 0 Å². The molecule has 1 aromatic carbocycles. The monoisotopic (exact) mass is 325 g/mol. The molecule has 1 amide bonds. The Bertz CT molecular complexity index is 515. The molecule has 0 radical (unpaired) electrons. The number of carbonyl (C=O) groups is 2. The third kappa shape index (κ3) is 2.97. The first-order chi connectivity index (χ1) is 9.00. The number of amides is 1. The van der Waals surface area contributed by atoms with Gasteiger partial charge >= 0.3 is 5.97 Å². The number of hydrogen-bond acceptors (Lipinski definition) is 2. The highest BCUT2D eigenvalue weighted by Crippen LogP contribution is 2.23. The van der Waals surface area contributed by atoms with Gasteiger partial charge in [-0.1, -0.05) is 28.1 Å². The minimum Gasteiger partial charge on any atom is -0.480 e. The van der Waals surface area contributed by atoms with E-state index in [0.29, 0.717) is 13.0 Å². The quantitative estimate of drug-likeness (QED) is 0.928. The van der Waals surface area contributed by atoms with Gasteiger partial charge in [-0.25, -0.2) is 4.79 Å². The SMILES string of the molecule is Cc1c(Br)cccc1CC(=O)N1CCCC1C(=O)O. The van der Waals surface area contributed by atoms with Crippen LogP contribution >= 0.6 is 15.9 Å². The van der Waals surface area contributed by atoms with Gasteiger partial charge in [0.15, 0.2) is 0 Å². The highest BCUT2D eigenvalue weighted by molar-refractivity contribution is 9.10. The third-order valence-corrected chi connectivity index (χ3v) is 4.44. The van der Waals surface area contributed by atoms with Gasteiger partial charge in [-0.3, -0.25) is 4.79 Å². The predicted molar refractivity (Wildman–Crippen MR) is 75.0 cm³/mol. The summed E-state index contributed by atoms with van der Waals surface area (Å²) in [7, 11) is 0. The number of rotatable bonds is 3. The van der Waals surface area contributed by atoms with E-state index in [1.807, 2.05) is 25.1 Å². The molecular weight excluding hydrogens is 310 g/mol. The Morgan fingerprint density at radius 2 is 2.21 bits per heavy atom. The van der Waals surface area contributed by atoms with Crippen molar-refractivity contribution in [2.45, 2.75) is 32.2 Å². The van der Waals surface area contributed by atoms with E-state index in [1.54, 1.807) is 0 Å². The van der Waals surface area contributed by atoms with Gasteiger partial charge in [-0.2, -0.15) is 0 Å². The van der Waals surface area contributed by atoms with E-state index in [9.17, 15) is 9.59 Å². The average molecular weight is 326 g/mol. The van der Waals surface area contributed by atoms with Gasteiger partial charge in [0.1, 0.15) is 6.04 Å². The average Bonchev–Trinajstić information content (AvgIpc) is 2.84. The molecule has 102 valence electrons. The van der Waals surface area contributed by atoms with Crippen LogP contribution in [0.5, 0.6) is 0 Å². The van der Waals surface area contributed by atoms with E-state index < -0.39 is 12.0 Å². The summed E-state index contributed by atoms with van der Waals surface area (Å²) >= 11 is 3.44. The normalized spacial score (nSPS) is 18.6. The summed E-state index contributed by atoms with van der Waals surface area (Å²) in [6.07, 6.45) is 1.58. The second-order valence-electron chi connectivity index (χ2n) is 4.78. The van der Waals surface area contributed by atoms with Gasteiger partial charge < -0.3 is 10.0 Å². The molecule has 1 aromatic rings. The lowest BCUT2D eigenvalue weighted by Crippen LogP contribution is -2.41. The Morgan fingerprint density at radius 3 is 2.89 bits per heavy atom. The molecule has 0 spiro atoms. The van der Waals surface area contributed by atoms with E-state index in [2.05, 4.69) is 15.9 Å². The first-order valence-corrected chi connectivity index (χ1v) is 7.06. The third-order valence-electron chi connectivity index (χ3n) is 3.58. The number of halogens is 1. The Morgan fingerprint density at radius 1 is 1.47 bits per heavy atom. The molecule has 2 rings (SSSR count). The Hall–Kier alpha value is -1.36. The van der Waals surface area contributed by atoms with Crippen LogP contribution in [0.3, 0.4) is 0 Å². The molecule has 0 aliphatic carbocycles. The number of benzene rings is 1. The molecule has 4 nitrogen and oxygen atoms in total. The number of carboxylic acid groups (broad SMARTS) is 1. The molecule has 5 heteroatoms. The molecule has 1 heterocycles. The largest absolute Gasteiger partial charge is 0.480 e. The first kappa shape index (κ1) is 14.1. The van der Waals surface area contributed by atoms with Gasteiger partial charge in [0.2, 0.25) is 5.91 Å². The summed E-state index contributed by atoms with van der Waals surface area (Å²) in [5.41, 5.74) is 1.97. The zero-order chi connectivity index (χ0) is 14.0. The summed E-state index contributed by atoms with van der Waals surface area (Å²) < 4.78 is 0.967. The second kappa shape index (κ2) is 5.74. The molecule has 0 aromatic heterocycles. The summed E-state index contributed by atoms with van der Waals surface area (Å²) in [5.74, 6) is -1.01. The van der Waals surface area contributed by atoms with Crippen LogP contribution in [0.1, 0.15) is 24.0 Å². The molecule has 1 aliphatic heterocycles. The zero-order valence-electron chi connectivity index (χ0n) is 10.7. The van der Waals surface area contributed by atoms with Crippen molar-refractivity contribution in [1.82, 2.24) is 4.90 Å². The summed E-state index contributed by atoms with van der Waals surface area (Å²) in [6.45, 7) is 2.49. The van der Waals surface area contributed by atoms with Crippen molar-refractivity contribution in [2.24, 2.45) is 0 Å². The highest BCUT2D eigenvalue weighted by atomic mass is 79.9. The first-order valence-electron chi connectivity index (χ1n) is 6.27. The van der Waals surface area contributed by atoms with Crippen LogP contribution in [-0.2, 0) is 16.0 Å². The van der Waals surface area contributed by atoms with E-state index in [1.165, 1.54) is 4.90 Å². The fraction of sp³-hybridized carbons (Fsp3) is 0.429. The fourth-order valence-corrected chi connectivity index (χ4v) is 2.84. The standard InChI is InChI=1S/C14H16BrNO3/c1-9-10(4-2-5-11(9)15)8-13(17)16-7-3-6-12(16)14(18)19/h2,4-5,12H,3,6-8H2,1H3,(H,18,19). The van der Waals surface area contributed by atoms with Crippen LogP contribution in [0.15, 0.2) is 22.7 Å². The number of aliphatic carboxylic acids is 1. The number of nitrogens with zero attached hydrogens (tertiary/aromatic N) is 1. The lowest BCUT2D eigenvalue weighted by molar-refractivity contribution is -0.148. The molecule has 1 unspecified atom stereocenters. The van der Waals surface area contributed by atoms with E-state index in [0.717, 1.165) is 22.0 Å². The highest BCUT2D eigenvalue weighted by Gasteiger charge is 2.33. The smallest absolute Gasteiger partial charge is 0.326 e. The molecule has 1 fully saturated rings. The Labute approximate surface area is 120 Å². The second-order valence-corrected chi connectivity index (χ2v) is 5.64. The minimum atomic E-state index is -0.906. The van der Waals surface area contributed by atoms with Crippen LogP contribution in [0.2, 0.25) is 0 Å². The maximum Gasteiger partial charge on any atom is 0.326 e. The van der Waals surface area contributed by atoms with Crippen molar-refractivity contribution in [3.63, 3.8) is 0 Å². The maximum atomic E-state index is 12.2. The summed E-state index contributed by atoms with van der Waals surface area (Å²) in [5, 5.41) is 9.10. The van der Waals surface area contributed by atoms with Gasteiger partial charge in [0, 0.05) is 11.0 Å². The Kier molecular flexibility index (Phi) is 4.24. The van der Waals surface area contributed by atoms with Gasteiger partial charge in [-0.05, 0) is 37.0 Å². The molecule has 1 atom stereocenters. The van der Waals surface area contributed by atoms with E-state index >= 15 is 0 Å². The topological polar surface area (TPSA) is 57.6 Å². The predicted octanol–water partition coefficient (Wildman–Crippen LogP) is 2.38. The molecule has 0 saturated carbocycles. The van der Waals surface area contributed by atoms with Gasteiger partial charge in [0.25, 0.3) is 0 Å². The minimum absolute atomic E-state index is 0.105. The molecule has 0 bridgehead atoms. The lowest BCUT2D eigenvalue weighted by atomic mass is 10.1. The van der Waals surface area contributed by atoms with Crippen molar-refractivity contribution in [1.29, 1.82) is 0 Å². The van der Waals surface area contributed by atoms with E-state index in [-0.39, 0.29) is 12.3 Å². The number of likely N-dealkylation sites (tertiary alicyclic amines) is 1. The van der Waals surface area contributed by atoms with Crippen LogP contribution in [0.25, 0.3) is 0 Å². The van der Waals surface area contributed by atoms with Crippen molar-refractivity contribution >= 4 is 27.8 Å². The zero-order valence-corrected chi connectivity index (χ0v) is 12.3. The van der Waals surface area contributed by atoms with Crippen molar-refractivity contribution < 1.29 is 14.7 Å². The lowest BCUT2D eigenvalue weighted by Gasteiger charge is -2.22. The van der Waals surface area contributed by atoms with Crippen molar-refractivity contribution in [3.8, 4) is 0 Å². The number of carboxylic acids is 1. The van der Waals surface area contributed by atoms with Gasteiger partial charge in [-0.15, -0.1) is 0 Å². The summed E-state index contributed by atoms with van der Waals surface area (Å²) in [6, 6.07) is 5.07. The molecular formula is C14H16BrNO3. The summed E-state index contributed by atoms with van der Waals surface area (Å²) in [4.78, 5) is 24.8. The van der Waals surface area contributed by atoms with Crippen molar-refractivity contribution in [2.75, 3.05) is 6.54 Å². The van der Waals surface area contributed by atoms with Crippen LogP contribution in [0, 0.1) is 6.92 Å². The molecule has 1 aliphatic rings. The molecule has 1 N–H and O–H groups in total. The maximum absolute atomic E-state index is 12.2. The van der Waals surface area contributed by atoms with Crippen molar-refractivity contribution in [3.05, 3.63) is 33.8 Å². The fourth-order valence-electron chi connectivity index (χ4n) is 2.43.